The Bertz CT molecular complexity index is 643. The normalized spacial score (nSPS) is 18.9. The highest BCUT2D eigenvalue weighted by Crippen LogP contribution is 2.31. The Morgan fingerprint density at radius 1 is 1.17 bits per heavy atom. The fraction of sp³-hybridized carbons (Fsp3) is 0.353. The van der Waals surface area contributed by atoms with E-state index in [0.717, 1.165) is 25.7 Å². The van der Waals surface area contributed by atoms with E-state index < -0.39 is 11.7 Å². The van der Waals surface area contributed by atoms with E-state index in [2.05, 4.69) is 10.3 Å². The Hall–Kier alpha value is -2.08. The number of alkyl halides is 3. The second-order valence-electron chi connectivity index (χ2n) is 5.67. The van der Waals surface area contributed by atoms with Crippen LogP contribution in [0.2, 0.25) is 0 Å². The summed E-state index contributed by atoms with van der Waals surface area (Å²) in [6.07, 6.45) is -1.20. The molecule has 1 atom stereocenters. The van der Waals surface area contributed by atoms with Crippen molar-refractivity contribution in [2.75, 3.05) is 24.5 Å². The monoisotopic (exact) mass is 321 g/mol. The van der Waals surface area contributed by atoms with Crippen molar-refractivity contribution in [2.45, 2.75) is 18.6 Å². The molecule has 122 valence electrons. The molecule has 1 aliphatic heterocycles. The average molecular weight is 321 g/mol. The van der Waals surface area contributed by atoms with Gasteiger partial charge in [-0.2, -0.15) is 13.2 Å². The van der Waals surface area contributed by atoms with Gasteiger partial charge in [0.15, 0.2) is 0 Å². The Balaban J connectivity index is 1.84. The highest BCUT2D eigenvalue weighted by Gasteiger charge is 2.32. The second-order valence-corrected chi connectivity index (χ2v) is 5.67. The van der Waals surface area contributed by atoms with Crippen molar-refractivity contribution in [2.24, 2.45) is 0 Å². The molecule has 0 aliphatic carbocycles. The van der Waals surface area contributed by atoms with Gasteiger partial charge in [-0.3, -0.25) is 4.98 Å². The van der Waals surface area contributed by atoms with Crippen LogP contribution < -0.4 is 10.2 Å². The molecule has 0 bridgehead atoms. The van der Waals surface area contributed by atoms with Crippen molar-refractivity contribution in [1.82, 2.24) is 10.3 Å². The second kappa shape index (κ2) is 6.58. The van der Waals surface area contributed by atoms with Crippen molar-refractivity contribution in [3.05, 3.63) is 59.9 Å². The number of pyridine rings is 1. The van der Waals surface area contributed by atoms with Crippen LogP contribution in [0.25, 0.3) is 0 Å². The van der Waals surface area contributed by atoms with E-state index >= 15 is 0 Å². The molecule has 0 saturated carbocycles. The molecule has 0 amide bonds. The SMILES string of the molecule is FC(F)(F)c1cncc(N2CCNCC2Cc2ccccc2)c1. The number of halogens is 3. The van der Waals surface area contributed by atoms with Gasteiger partial charge in [0.05, 0.1) is 17.4 Å². The third-order valence-electron chi connectivity index (χ3n) is 4.05. The van der Waals surface area contributed by atoms with E-state index in [1.165, 1.54) is 17.8 Å². The highest BCUT2D eigenvalue weighted by molar-refractivity contribution is 5.49. The van der Waals surface area contributed by atoms with Gasteiger partial charge in [-0.15, -0.1) is 0 Å². The summed E-state index contributed by atoms with van der Waals surface area (Å²) in [4.78, 5) is 5.81. The van der Waals surface area contributed by atoms with Gasteiger partial charge in [0, 0.05) is 31.9 Å². The van der Waals surface area contributed by atoms with E-state index in [9.17, 15) is 13.2 Å². The number of nitrogens with one attached hydrogen (secondary N) is 1. The van der Waals surface area contributed by atoms with E-state index in [0.29, 0.717) is 12.2 Å². The quantitative estimate of drug-likeness (QED) is 0.941. The van der Waals surface area contributed by atoms with Crippen LogP contribution in [0, 0.1) is 0 Å². The number of piperazine rings is 1. The molecule has 1 aromatic heterocycles. The minimum Gasteiger partial charge on any atom is -0.364 e. The molecule has 2 aromatic rings. The molecule has 1 aliphatic rings. The van der Waals surface area contributed by atoms with Crippen molar-refractivity contribution >= 4 is 5.69 Å². The zero-order chi connectivity index (χ0) is 16.3. The maximum atomic E-state index is 12.9. The van der Waals surface area contributed by atoms with Crippen LogP contribution in [0.3, 0.4) is 0 Å². The third kappa shape index (κ3) is 3.82. The molecule has 0 radical (unpaired) electrons. The fourth-order valence-corrected chi connectivity index (χ4v) is 2.91. The smallest absolute Gasteiger partial charge is 0.364 e. The summed E-state index contributed by atoms with van der Waals surface area (Å²) in [5.41, 5.74) is 1.00. The predicted octanol–water partition coefficient (Wildman–Crippen LogP) is 3.12. The van der Waals surface area contributed by atoms with E-state index in [4.69, 9.17) is 0 Å². The molecule has 1 saturated heterocycles. The van der Waals surface area contributed by atoms with Gasteiger partial charge in [-0.05, 0) is 18.1 Å². The first-order chi connectivity index (χ1) is 11.0. The predicted molar refractivity (Wildman–Crippen MR) is 83.4 cm³/mol. The van der Waals surface area contributed by atoms with E-state index in [1.807, 2.05) is 35.2 Å². The lowest BCUT2D eigenvalue weighted by Crippen LogP contribution is -2.52. The van der Waals surface area contributed by atoms with Gasteiger partial charge in [0.1, 0.15) is 0 Å². The van der Waals surface area contributed by atoms with Crippen LogP contribution in [-0.2, 0) is 12.6 Å². The lowest BCUT2D eigenvalue weighted by molar-refractivity contribution is -0.137. The molecule has 23 heavy (non-hydrogen) atoms. The zero-order valence-corrected chi connectivity index (χ0v) is 12.6. The number of hydrogen-bond donors (Lipinski definition) is 1. The van der Waals surface area contributed by atoms with Crippen molar-refractivity contribution in [3.63, 3.8) is 0 Å². The third-order valence-corrected chi connectivity index (χ3v) is 4.05. The van der Waals surface area contributed by atoms with Crippen LogP contribution in [-0.4, -0.2) is 30.7 Å². The average Bonchev–Trinajstić information content (AvgIpc) is 2.56. The van der Waals surface area contributed by atoms with Crippen LogP contribution in [0.15, 0.2) is 48.8 Å². The summed E-state index contributed by atoms with van der Waals surface area (Å²) in [5.74, 6) is 0. The first kappa shape index (κ1) is 15.8. The Morgan fingerprint density at radius 2 is 1.96 bits per heavy atom. The van der Waals surface area contributed by atoms with Gasteiger partial charge in [0.2, 0.25) is 0 Å². The van der Waals surface area contributed by atoms with Crippen molar-refractivity contribution in [3.8, 4) is 0 Å². The summed E-state index contributed by atoms with van der Waals surface area (Å²) >= 11 is 0. The minimum atomic E-state index is -4.37. The maximum Gasteiger partial charge on any atom is 0.417 e. The van der Waals surface area contributed by atoms with Gasteiger partial charge >= 0.3 is 6.18 Å². The molecular weight excluding hydrogens is 303 g/mol. The highest BCUT2D eigenvalue weighted by atomic mass is 19.4. The van der Waals surface area contributed by atoms with Crippen molar-refractivity contribution in [1.29, 1.82) is 0 Å². The molecule has 1 aromatic carbocycles. The van der Waals surface area contributed by atoms with Crippen LogP contribution in [0.5, 0.6) is 0 Å². The van der Waals surface area contributed by atoms with Gasteiger partial charge in [-0.25, -0.2) is 0 Å². The molecule has 1 N–H and O–H groups in total. The lowest BCUT2D eigenvalue weighted by atomic mass is 10.0. The number of benzene rings is 1. The van der Waals surface area contributed by atoms with E-state index in [1.54, 1.807) is 0 Å². The molecule has 3 nitrogen and oxygen atoms in total. The Morgan fingerprint density at radius 3 is 2.70 bits per heavy atom. The molecule has 2 heterocycles. The molecule has 6 heteroatoms. The van der Waals surface area contributed by atoms with Crippen LogP contribution >= 0.6 is 0 Å². The molecule has 1 unspecified atom stereocenters. The summed E-state index contributed by atoms with van der Waals surface area (Å²) in [7, 11) is 0. The molecular formula is C17H18F3N3. The summed E-state index contributed by atoms with van der Waals surface area (Å²) in [6, 6.07) is 11.3. The number of nitrogens with zero attached hydrogens (tertiary/aromatic N) is 2. The maximum absolute atomic E-state index is 12.9. The topological polar surface area (TPSA) is 28.2 Å². The van der Waals surface area contributed by atoms with Crippen LogP contribution in [0.1, 0.15) is 11.1 Å². The summed E-state index contributed by atoms with van der Waals surface area (Å²) in [5, 5.41) is 3.32. The molecule has 0 spiro atoms. The molecule has 3 rings (SSSR count). The summed E-state index contributed by atoms with van der Waals surface area (Å²) in [6.45, 7) is 2.16. The minimum absolute atomic E-state index is 0.108. The number of hydrogen-bond acceptors (Lipinski definition) is 3. The molecule has 1 fully saturated rings. The number of aromatic nitrogens is 1. The van der Waals surface area contributed by atoms with Gasteiger partial charge < -0.3 is 10.2 Å². The fourth-order valence-electron chi connectivity index (χ4n) is 2.91. The van der Waals surface area contributed by atoms with E-state index in [-0.39, 0.29) is 6.04 Å². The van der Waals surface area contributed by atoms with Crippen molar-refractivity contribution < 1.29 is 13.2 Å². The van der Waals surface area contributed by atoms with Crippen LogP contribution in [0.4, 0.5) is 18.9 Å². The summed E-state index contributed by atoms with van der Waals surface area (Å²) < 4.78 is 38.7. The first-order valence-corrected chi connectivity index (χ1v) is 7.57. The number of anilines is 1. The lowest BCUT2D eigenvalue weighted by Gasteiger charge is -2.38. The van der Waals surface area contributed by atoms with Gasteiger partial charge in [0.25, 0.3) is 0 Å². The first-order valence-electron chi connectivity index (χ1n) is 7.57. The standard InChI is InChI=1S/C17H18F3N3/c18-17(19,20)14-9-16(12-22-10-14)23-7-6-21-11-15(23)8-13-4-2-1-3-5-13/h1-5,9-10,12,15,21H,6-8,11H2. The number of rotatable bonds is 3. The van der Waals surface area contributed by atoms with Gasteiger partial charge in [-0.1, -0.05) is 30.3 Å². The Labute approximate surface area is 133 Å². The Kier molecular flexibility index (Phi) is 4.52. The zero-order valence-electron chi connectivity index (χ0n) is 12.6. The largest absolute Gasteiger partial charge is 0.417 e.